The van der Waals surface area contributed by atoms with Crippen LogP contribution in [0.1, 0.15) is 39.5 Å². The molecule has 138 valence electrons. The maximum absolute atomic E-state index is 11.7. The summed E-state index contributed by atoms with van der Waals surface area (Å²) in [5.74, 6) is -0.870. The summed E-state index contributed by atoms with van der Waals surface area (Å²) >= 11 is 0. The van der Waals surface area contributed by atoms with Gasteiger partial charge in [-0.1, -0.05) is 6.42 Å². The molecule has 0 radical (unpaired) electrons. The van der Waals surface area contributed by atoms with Gasteiger partial charge < -0.3 is 25.8 Å². The number of nitrogens with zero attached hydrogens (tertiary/aromatic N) is 1. The smallest absolute Gasteiger partial charge is 0.451 e. The van der Waals surface area contributed by atoms with Crippen LogP contribution in [0.5, 0.6) is 0 Å². The van der Waals surface area contributed by atoms with Crippen molar-refractivity contribution < 1.29 is 19.9 Å². The molecule has 0 saturated heterocycles. The number of halogens is 2. The molecule has 6 nitrogen and oxygen atoms in total. The largest absolute Gasteiger partial charge is 0.480 e. The molecule has 1 aliphatic rings. The van der Waals surface area contributed by atoms with Gasteiger partial charge in [-0.2, -0.15) is 0 Å². The molecule has 23 heavy (non-hydrogen) atoms. The minimum atomic E-state index is -1.33. The molecule has 9 heteroatoms. The Morgan fingerprint density at radius 1 is 1.35 bits per heavy atom. The van der Waals surface area contributed by atoms with Crippen LogP contribution in [0.4, 0.5) is 0 Å². The van der Waals surface area contributed by atoms with Crippen molar-refractivity contribution in [2.45, 2.75) is 57.4 Å². The number of nitrogens with two attached hydrogens (primary N) is 1. The lowest BCUT2D eigenvalue weighted by Crippen LogP contribution is -2.60. The molecule has 0 heterocycles. The van der Waals surface area contributed by atoms with E-state index in [4.69, 9.17) is 15.8 Å². The van der Waals surface area contributed by atoms with Crippen molar-refractivity contribution in [3.63, 3.8) is 0 Å². The number of carboxylic acid groups (broad SMARTS) is 1. The van der Waals surface area contributed by atoms with Crippen molar-refractivity contribution in [2.75, 3.05) is 13.6 Å². The Morgan fingerprint density at radius 2 is 1.91 bits per heavy atom. The van der Waals surface area contributed by atoms with Gasteiger partial charge in [0.15, 0.2) is 0 Å². The van der Waals surface area contributed by atoms with Crippen molar-refractivity contribution in [3.8, 4) is 0 Å². The van der Waals surface area contributed by atoms with Crippen LogP contribution < -0.4 is 5.73 Å². The first-order valence-electron chi connectivity index (χ1n) is 7.75. The Bertz CT molecular complexity index is 364. The molecule has 5 N–H and O–H groups in total. The summed E-state index contributed by atoms with van der Waals surface area (Å²) in [6.45, 7) is 4.83. The van der Waals surface area contributed by atoms with Gasteiger partial charge in [-0.25, -0.2) is 0 Å². The maximum atomic E-state index is 11.7. The summed E-state index contributed by atoms with van der Waals surface area (Å²) in [6.07, 6.45) is 2.96. The SMILES string of the molecule is CC(C)N(C)C[C@@H]1CC[C@@H](CCB(O)O)C[C@]1(N)C(=O)O.Cl.Cl. The molecule has 1 saturated carbocycles. The van der Waals surface area contributed by atoms with Gasteiger partial charge >= 0.3 is 13.1 Å². The molecule has 0 unspecified atom stereocenters. The fourth-order valence-corrected chi connectivity index (χ4v) is 3.15. The fraction of sp³-hybridized carbons (Fsp3) is 0.929. The van der Waals surface area contributed by atoms with E-state index in [1.165, 1.54) is 0 Å². The van der Waals surface area contributed by atoms with Crippen LogP contribution in [-0.4, -0.2) is 58.3 Å². The van der Waals surface area contributed by atoms with Crippen LogP contribution in [-0.2, 0) is 4.79 Å². The molecule has 1 rings (SSSR count). The zero-order valence-electron chi connectivity index (χ0n) is 14.1. The van der Waals surface area contributed by atoms with Gasteiger partial charge in [0.05, 0.1) is 0 Å². The Labute approximate surface area is 151 Å². The first-order valence-corrected chi connectivity index (χ1v) is 7.75. The first kappa shape index (κ1) is 25.2. The average Bonchev–Trinajstić information content (AvgIpc) is 2.38. The highest BCUT2D eigenvalue weighted by Crippen LogP contribution is 2.38. The molecule has 0 aromatic rings. The van der Waals surface area contributed by atoms with Crippen LogP contribution >= 0.6 is 24.8 Å². The Balaban J connectivity index is 0. The van der Waals surface area contributed by atoms with Gasteiger partial charge in [0.1, 0.15) is 5.54 Å². The number of aliphatic carboxylic acids is 1. The van der Waals surface area contributed by atoms with Crippen LogP contribution in [0.15, 0.2) is 0 Å². The van der Waals surface area contributed by atoms with E-state index < -0.39 is 18.6 Å². The lowest BCUT2D eigenvalue weighted by Gasteiger charge is -2.43. The highest BCUT2D eigenvalue weighted by molar-refractivity contribution is 6.40. The van der Waals surface area contributed by atoms with E-state index >= 15 is 0 Å². The van der Waals surface area contributed by atoms with Gasteiger partial charge in [0.2, 0.25) is 0 Å². The van der Waals surface area contributed by atoms with Gasteiger partial charge in [0.25, 0.3) is 0 Å². The molecular formula is C14H31BCl2N2O4. The Kier molecular flexibility index (Phi) is 11.8. The van der Waals surface area contributed by atoms with E-state index in [0.717, 1.165) is 12.8 Å². The Morgan fingerprint density at radius 3 is 2.35 bits per heavy atom. The molecule has 0 aromatic carbocycles. The molecule has 0 amide bonds. The summed E-state index contributed by atoms with van der Waals surface area (Å²) in [4.78, 5) is 13.8. The lowest BCUT2D eigenvalue weighted by molar-refractivity contribution is -0.148. The van der Waals surface area contributed by atoms with Crippen molar-refractivity contribution in [1.29, 1.82) is 0 Å². The van der Waals surface area contributed by atoms with Gasteiger partial charge in [0, 0.05) is 18.5 Å². The third-order valence-electron chi connectivity index (χ3n) is 4.90. The monoisotopic (exact) mass is 372 g/mol. The zero-order chi connectivity index (χ0) is 16.2. The highest BCUT2D eigenvalue weighted by atomic mass is 35.5. The fourth-order valence-electron chi connectivity index (χ4n) is 3.15. The van der Waals surface area contributed by atoms with Crippen molar-refractivity contribution in [1.82, 2.24) is 4.90 Å². The standard InChI is InChI=1S/C14H29BN2O4.2ClH/c1-10(2)17(3)9-12-5-4-11(6-7-15(20)21)8-14(12,16)13(18)19;;/h10-12,20-21H,4-9,16H2,1-3H3,(H,18,19);2*1H/t11-,12-,14+;;/m0../s1. The lowest BCUT2D eigenvalue weighted by atomic mass is 9.66. The third-order valence-corrected chi connectivity index (χ3v) is 4.90. The van der Waals surface area contributed by atoms with Crippen molar-refractivity contribution >= 4 is 37.9 Å². The number of carboxylic acids is 1. The van der Waals surface area contributed by atoms with Gasteiger partial charge in [-0.15, -0.1) is 24.8 Å². The zero-order valence-corrected chi connectivity index (χ0v) is 15.8. The van der Waals surface area contributed by atoms with E-state index in [1.807, 2.05) is 7.05 Å². The molecule has 3 atom stereocenters. The van der Waals surface area contributed by atoms with E-state index in [9.17, 15) is 9.90 Å². The summed E-state index contributed by atoms with van der Waals surface area (Å²) < 4.78 is 0. The second kappa shape index (κ2) is 10.7. The van der Waals surface area contributed by atoms with Crippen molar-refractivity contribution in [3.05, 3.63) is 0 Å². The van der Waals surface area contributed by atoms with Crippen LogP contribution in [0, 0.1) is 11.8 Å². The predicted octanol–water partition coefficient (Wildman–Crippen LogP) is 1.23. The first-order chi connectivity index (χ1) is 9.66. The molecule has 0 bridgehead atoms. The molecule has 1 fully saturated rings. The van der Waals surface area contributed by atoms with Crippen LogP contribution in [0.25, 0.3) is 0 Å². The quantitative estimate of drug-likeness (QED) is 0.500. The number of hydrogen-bond acceptors (Lipinski definition) is 5. The topological polar surface area (TPSA) is 107 Å². The number of carbonyl (C=O) groups is 1. The van der Waals surface area contributed by atoms with E-state index in [0.29, 0.717) is 25.4 Å². The molecular weight excluding hydrogens is 342 g/mol. The number of hydrogen-bond donors (Lipinski definition) is 4. The average molecular weight is 373 g/mol. The summed E-state index contributed by atoms with van der Waals surface area (Å²) in [7, 11) is 0.660. The molecule has 0 aliphatic heterocycles. The number of rotatable bonds is 7. The summed E-state index contributed by atoms with van der Waals surface area (Å²) in [5, 5.41) is 27.5. The molecule has 1 aliphatic carbocycles. The van der Waals surface area contributed by atoms with Gasteiger partial charge in [-0.3, -0.25) is 4.79 Å². The minimum absolute atomic E-state index is 0. The third kappa shape index (κ3) is 7.16. The van der Waals surface area contributed by atoms with E-state index in [2.05, 4.69) is 18.7 Å². The van der Waals surface area contributed by atoms with E-state index in [-0.39, 0.29) is 43.0 Å². The normalized spacial score (nSPS) is 27.3. The molecule has 0 spiro atoms. The van der Waals surface area contributed by atoms with E-state index in [1.54, 1.807) is 0 Å². The summed E-state index contributed by atoms with van der Waals surface area (Å²) in [5.41, 5.74) is 5.02. The van der Waals surface area contributed by atoms with Crippen LogP contribution in [0.2, 0.25) is 6.32 Å². The van der Waals surface area contributed by atoms with Crippen molar-refractivity contribution in [2.24, 2.45) is 17.6 Å². The highest BCUT2D eigenvalue weighted by Gasteiger charge is 2.47. The van der Waals surface area contributed by atoms with Gasteiger partial charge in [-0.05, 0) is 52.4 Å². The summed E-state index contributed by atoms with van der Waals surface area (Å²) in [6, 6.07) is 0.352. The second-order valence-corrected chi connectivity index (χ2v) is 6.78. The predicted molar refractivity (Wildman–Crippen MR) is 97.3 cm³/mol. The minimum Gasteiger partial charge on any atom is -0.480 e. The molecule has 0 aromatic heterocycles. The Hall–Kier alpha value is -0.0451. The second-order valence-electron chi connectivity index (χ2n) is 6.78. The maximum Gasteiger partial charge on any atom is 0.451 e. The van der Waals surface area contributed by atoms with Crippen LogP contribution in [0.3, 0.4) is 0 Å².